The summed E-state index contributed by atoms with van der Waals surface area (Å²) in [5, 5.41) is 3.56. The number of carbonyl (C=O) groups excluding carboxylic acids is 1. The zero-order chi connectivity index (χ0) is 15.9. The van der Waals surface area contributed by atoms with Gasteiger partial charge in [0.2, 0.25) is 5.91 Å². The number of likely N-dealkylation sites (N-methyl/N-ethyl adjacent to an activating group) is 1. The normalized spacial score (nSPS) is 10.5. The van der Waals surface area contributed by atoms with Crippen molar-refractivity contribution in [3.8, 4) is 5.75 Å². The molecular weight excluding hydrogens is 300 g/mol. The van der Waals surface area contributed by atoms with Crippen LogP contribution in [0.25, 0.3) is 0 Å². The van der Waals surface area contributed by atoms with E-state index in [0.29, 0.717) is 23.0 Å². The number of amides is 1. The quantitative estimate of drug-likeness (QED) is 0.887. The average molecular weight is 319 g/mol. The molecule has 0 aromatic heterocycles. The van der Waals surface area contributed by atoms with Crippen molar-refractivity contribution in [3.05, 3.63) is 59.1 Å². The van der Waals surface area contributed by atoms with E-state index in [-0.39, 0.29) is 12.5 Å². The smallest absolute Gasteiger partial charge is 0.238 e. The van der Waals surface area contributed by atoms with Crippen molar-refractivity contribution in [2.45, 2.75) is 6.54 Å². The summed E-state index contributed by atoms with van der Waals surface area (Å²) in [7, 11) is 3.47. The van der Waals surface area contributed by atoms with Gasteiger partial charge in [0.25, 0.3) is 0 Å². The molecule has 0 spiro atoms. The van der Waals surface area contributed by atoms with Crippen LogP contribution in [0.3, 0.4) is 0 Å². The van der Waals surface area contributed by atoms with E-state index in [2.05, 4.69) is 5.32 Å². The first kappa shape index (κ1) is 16.3. The second-order valence-corrected chi connectivity index (χ2v) is 5.49. The second-order valence-electron chi connectivity index (χ2n) is 5.05. The molecule has 0 aliphatic rings. The number of rotatable bonds is 6. The maximum absolute atomic E-state index is 12.1. The number of hydrogen-bond donors (Lipinski definition) is 1. The van der Waals surface area contributed by atoms with E-state index in [0.717, 1.165) is 5.56 Å². The van der Waals surface area contributed by atoms with Crippen molar-refractivity contribution in [2.75, 3.05) is 26.0 Å². The van der Waals surface area contributed by atoms with Crippen molar-refractivity contribution in [1.82, 2.24) is 4.90 Å². The Labute approximate surface area is 135 Å². The SMILES string of the molecule is COc1ccccc1NC(=O)CN(C)Cc1cccc(Cl)c1. The second kappa shape index (κ2) is 7.82. The number of nitrogens with zero attached hydrogens (tertiary/aromatic N) is 1. The molecule has 0 aliphatic carbocycles. The molecule has 0 radical (unpaired) electrons. The first-order valence-corrected chi connectivity index (χ1v) is 7.32. The molecular formula is C17H19ClN2O2. The number of benzene rings is 2. The molecule has 2 rings (SSSR count). The number of ether oxygens (including phenoxy) is 1. The third-order valence-corrected chi connectivity index (χ3v) is 3.37. The van der Waals surface area contributed by atoms with Crippen molar-refractivity contribution >= 4 is 23.2 Å². The Hall–Kier alpha value is -2.04. The predicted molar refractivity (Wildman–Crippen MR) is 89.4 cm³/mol. The molecule has 0 bridgehead atoms. The minimum absolute atomic E-state index is 0.0889. The highest BCUT2D eigenvalue weighted by Gasteiger charge is 2.10. The molecule has 1 amide bonds. The van der Waals surface area contributed by atoms with Crippen LogP contribution in [0.15, 0.2) is 48.5 Å². The van der Waals surface area contributed by atoms with Crippen LogP contribution in [-0.4, -0.2) is 31.5 Å². The van der Waals surface area contributed by atoms with E-state index in [1.54, 1.807) is 7.11 Å². The molecule has 0 aliphatic heterocycles. The monoisotopic (exact) mass is 318 g/mol. The predicted octanol–water partition coefficient (Wildman–Crippen LogP) is 3.42. The average Bonchev–Trinajstić information content (AvgIpc) is 2.47. The third-order valence-electron chi connectivity index (χ3n) is 3.14. The topological polar surface area (TPSA) is 41.6 Å². The number of hydrogen-bond acceptors (Lipinski definition) is 3. The number of methoxy groups -OCH3 is 1. The highest BCUT2D eigenvalue weighted by Crippen LogP contribution is 2.22. The molecule has 5 heteroatoms. The molecule has 0 unspecified atom stereocenters. The summed E-state index contributed by atoms with van der Waals surface area (Å²) >= 11 is 5.96. The number of para-hydroxylation sites is 2. The van der Waals surface area contributed by atoms with Gasteiger partial charge in [-0.2, -0.15) is 0 Å². The van der Waals surface area contributed by atoms with Crippen LogP contribution in [0.2, 0.25) is 5.02 Å². The molecule has 2 aromatic rings. The van der Waals surface area contributed by atoms with E-state index in [4.69, 9.17) is 16.3 Å². The fraction of sp³-hybridized carbons (Fsp3) is 0.235. The summed E-state index contributed by atoms with van der Waals surface area (Å²) < 4.78 is 5.22. The van der Waals surface area contributed by atoms with Gasteiger partial charge in [-0.1, -0.05) is 35.9 Å². The van der Waals surface area contributed by atoms with E-state index in [1.165, 1.54) is 0 Å². The Bertz CT molecular complexity index is 646. The molecule has 22 heavy (non-hydrogen) atoms. The Morgan fingerprint density at radius 2 is 2.00 bits per heavy atom. The Kier molecular flexibility index (Phi) is 5.81. The van der Waals surface area contributed by atoms with Gasteiger partial charge in [0.05, 0.1) is 19.3 Å². The fourth-order valence-electron chi connectivity index (χ4n) is 2.19. The van der Waals surface area contributed by atoms with Gasteiger partial charge in [-0.15, -0.1) is 0 Å². The Morgan fingerprint density at radius 3 is 2.73 bits per heavy atom. The lowest BCUT2D eigenvalue weighted by atomic mass is 10.2. The summed E-state index contributed by atoms with van der Waals surface area (Å²) in [4.78, 5) is 14.0. The van der Waals surface area contributed by atoms with E-state index in [1.807, 2.05) is 60.5 Å². The summed E-state index contributed by atoms with van der Waals surface area (Å²) in [6, 6.07) is 15.0. The van der Waals surface area contributed by atoms with Gasteiger partial charge in [-0.05, 0) is 36.9 Å². The van der Waals surface area contributed by atoms with E-state index in [9.17, 15) is 4.79 Å². The zero-order valence-electron chi connectivity index (χ0n) is 12.7. The van der Waals surface area contributed by atoms with Gasteiger partial charge in [-0.25, -0.2) is 0 Å². The third kappa shape index (κ3) is 4.76. The highest BCUT2D eigenvalue weighted by atomic mass is 35.5. The van der Waals surface area contributed by atoms with Crippen LogP contribution in [0.4, 0.5) is 5.69 Å². The maximum atomic E-state index is 12.1. The van der Waals surface area contributed by atoms with Crippen LogP contribution >= 0.6 is 11.6 Å². The number of halogens is 1. The Morgan fingerprint density at radius 1 is 1.23 bits per heavy atom. The van der Waals surface area contributed by atoms with Gasteiger partial charge in [0, 0.05) is 11.6 Å². The lowest BCUT2D eigenvalue weighted by molar-refractivity contribution is -0.117. The van der Waals surface area contributed by atoms with Crippen LogP contribution < -0.4 is 10.1 Å². The highest BCUT2D eigenvalue weighted by molar-refractivity contribution is 6.30. The van der Waals surface area contributed by atoms with Gasteiger partial charge in [-0.3, -0.25) is 9.69 Å². The number of nitrogens with one attached hydrogen (secondary N) is 1. The minimum atomic E-state index is -0.0889. The molecule has 0 heterocycles. The Balaban J connectivity index is 1.91. The molecule has 0 saturated carbocycles. The standard InChI is InChI=1S/C17H19ClN2O2/c1-20(11-13-6-5-7-14(18)10-13)12-17(21)19-15-8-3-4-9-16(15)22-2/h3-10H,11-12H2,1-2H3,(H,19,21). The van der Waals surface area contributed by atoms with Crippen molar-refractivity contribution in [1.29, 1.82) is 0 Å². The lowest BCUT2D eigenvalue weighted by Crippen LogP contribution is -2.29. The van der Waals surface area contributed by atoms with Crippen LogP contribution in [-0.2, 0) is 11.3 Å². The molecule has 1 N–H and O–H groups in total. The minimum Gasteiger partial charge on any atom is -0.495 e. The van der Waals surface area contributed by atoms with Crippen molar-refractivity contribution in [2.24, 2.45) is 0 Å². The summed E-state index contributed by atoms with van der Waals surface area (Å²) in [6.45, 7) is 0.935. The van der Waals surface area contributed by atoms with Gasteiger partial charge in [0.15, 0.2) is 0 Å². The van der Waals surface area contributed by atoms with Crippen LogP contribution in [0, 0.1) is 0 Å². The van der Waals surface area contributed by atoms with Crippen molar-refractivity contribution < 1.29 is 9.53 Å². The molecule has 0 atom stereocenters. The molecule has 4 nitrogen and oxygen atoms in total. The summed E-state index contributed by atoms with van der Waals surface area (Å²) in [5.74, 6) is 0.558. The van der Waals surface area contributed by atoms with Crippen molar-refractivity contribution in [3.63, 3.8) is 0 Å². The first-order valence-electron chi connectivity index (χ1n) is 6.94. The summed E-state index contributed by atoms with van der Waals surface area (Å²) in [5.41, 5.74) is 1.74. The molecule has 0 fully saturated rings. The maximum Gasteiger partial charge on any atom is 0.238 e. The zero-order valence-corrected chi connectivity index (χ0v) is 13.4. The van der Waals surface area contributed by atoms with E-state index < -0.39 is 0 Å². The number of carbonyl (C=O) groups is 1. The van der Waals surface area contributed by atoms with E-state index >= 15 is 0 Å². The summed E-state index contributed by atoms with van der Waals surface area (Å²) in [6.07, 6.45) is 0. The van der Waals surface area contributed by atoms with Gasteiger partial charge < -0.3 is 10.1 Å². The van der Waals surface area contributed by atoms with Gasteiger partial charge in [0.1, 0.15) is 5.75 Å². The molecule has 116 valence electrons. The first-order chi connectivity index (χ1) is 10.6. The molecule has 2 aromatic carbocycles. The van der Waals surface area contributed by atoms with Crippen LogP contribution in [0.5, 0.6) is 5.75 Å². The number of anilines is 1. The molecule has 0 saturated heterocycles. The van der Waals surface area contributed by atoms with Gasteiger partial charge >= 0.3 is 0 Å². The largest absolute Gasteiger partial charge is 0.495 e. The van der Waals surface area contributed by atoms with Crippen LogP contribution in [0.1, 0.15) is 5.56 Å². The fourth-order valence-corrected chi connectivity index (χ4v) is 2.40. The lowest BCUT2D eigenvalue weighted by Gasteiger charge is -2.17.